The van der Waals surface area contributed by atoms with Crippen molar-refractivity contribution in [1.82, 2.24) is 4.90 Å². The number of likely N-dealkylation sites (N-methyl/N-ethyl adjacent to an activating group) is 1. The number of hydrogen-bond acceptors (Lipinski definition) is 3. The van der Waals surface area contributed by atoms with Crippen LogP contribution >= 0.6 is 12.4 Å². The first-order valence-corrected chi connectivity index (χ1v) is 4.66. The number of nitrogens with zero attached hydrogens (tertiary/aromatic N) is 1. The molecule has 0 aliphatic heterocycles. The van der Waals surface area contributed by atoms with Gasteiger partial charge < -0.3 is 9.90 Å². The molecule has 3 nitrogen and oxygen atoms in total. The summed E-state index contributed by atoms with van der Waals surface area (Å²) in [4.78, 5) is 12.6. The van der Waals surface area contributed by atoms with Gasteiger partial charge in [-0.3, -0.25) is 4.90 Å². The highest BCUT2D eigenvalue weighted by Gasteiger charge is 2.06. The number of aliphatic carboxylic acids is 1. The lowest BCUT2D eigenvalue weighted by Gasteiger charge is -2.24. The summed E-state index contributed by atoms with van der Waals surface area (Å²) in [6.07, 6.45) is 1.72. The third kappa shape index (κ3) is 5.25. The van der Waals surface area contributed by atoms with Crippen LogP contribution in [0.5, 0.6) is 0 Å². The predicted octanol–water partition coefficient (Wildman–Crippen LogP) is 0.835. The molecule has 0 fully saturated rings. The quantitative estimate of drug-likeness (QED) is 0.645. The van der Waals surface area contributed by atoms with Gasteiger partial charge in [-0.2, -0.15) is 0 Å². The third-order valence-electron chi connectivity index (χ3n) is 2.20. The van der Waals surface area contributed by atoms with E-state index in [0.717, 1.165) is 13.1 Å². The standard InChI is InChI=1S/C10H19NO2.ClH/c1-5-11(6-2)9(4)7-8(3)10(12)13;/h7,9H,5-6H2,1-4H3,(H,12,13);1H/p-1/b8-7+;. The van der Waals surface area contributed by atoms with Crippen LogP contribution in [0.25, 0.3) is 0 Å². The van der Waals surface area contributed by atoms with Crippen LogP contribution in [-0.4, -0.2) is 30.0 Å². The van der Waals surface area contributed by atoms with E-state index in [1.54, 1.807) is 13.0 Å². The van der Waals surface area contributed by atoms with Gasteiger partial charge in [-0.15, -0.1) is 12.4 Å². The van der Waals surface area contributed by atoms with Crippen LogP contribution in [0.15, 0.2) is 11.6 Å². The lowest BCUT2D eigenvalue weighted by Crippen LogP contribution is -2.32. The smallest absolute Gasteiger partial charge is 0.0669 e. The van der Waals surface area contributed by atoms with Gasteiger partial charge in [0.15, 0.2) is 0 Å². The number of hydrogen-bond donors (Lipinski definition) is 0. The van der Waals surface area contributed by atoms with E-state index in [1.165, 1.54) is 0 Å². The van der Waals surface area contributed by atoms with Crippen molar-refractivity contribution in [2.75, 3.05) is 13.1 Å². The summed E-state index contributed by atoms with van der Waals surface area (Å²) in [6.45, 7) is 9.52. The average Bonchev–Trinajstić information content (AvgIpc) is 2.06. The molecular formula is C10H19ClNO2-. The van der Waals surface area contributed by atoms with Crippen molar-refractivity contribution in [2.45, 2.75) is 33.7 Å². The molecule has 0 rings (SSSR count). The van der Waals surface area contributed by atoms with E-state index >= 15 is 0 Å². The SMILES string of the molecule is CCN(CC)C(C)/C=C(\C)C(=O)[O-].Cl. The second-order valence-electron chi connectivity index (χ2n) is 3.10. The van der Waals surface area contributed by atoms with Crippen LogP contribution in [0.2, 0.25) is 0 Å². The van der Waals surface area contributed by atoms with Gasteiger partial charge in [0.25, 0.3) is 0 Å². The van der Waals surface area contributed by atoms with Gasteiger partial charge in [0, 0.05) is 6.04 Å². The Hall–Kier alpha value is -0.540. The zero-order valence-corrected chi connectivity index (χ0v) is 10.1. The van der Waals surface area contributed by atoms with E-state index < -0.39 is 5.97 Å². The molecular weight excluding hydrogens is 202 g/mol. The molecule has 0 saturated carbocycles. The van der Waals surface area contributed by atoms with Gasteiger partial charge in [0.2, 0.25) is 0 Å². The molecule has 0 aromatic carbocycles. The normalized spacial score (nSPS) is 13.6. The first-order valence-electron chi connectivity index (χ1n) is 4.66. The summed E-state index contributed by atoms with van der Waals surface area (Å²) in [5.41, 5.74) is 0.305. The molecule has 0 spiro atoms. The minimum absolute atomic E-state index is 0. The van der Waals surface area contributed by atoms with Crippen molar-refractivity contribution in [3.63, 3.8) is 0 Å². The Morgan fingerprint density at radius 3 is 2.14 bits per heavy atom. The van der Waals surface area contributed by atoms with Crippen molar-refractivity contribution in [1.29, 1.82) is 0 Å². The fraction of sp³-hybridized carbons (Fsp3) is 0.700. The number of halogens is 1. The summed E-state index contributed by atoms with van der Waals surface area (Å²) >= 11 is 0. The molecule has 84 valence electrons. The lowest BCUT2D eigenvalue weighted by atomic mass is 10.2. The van der Waals surface area contributed by atoms with E-state index in [2.05, 4.69) is 18.7 Å². The molecule has 0 aliphatic carbocycles. The minimum atomic E-state index is -1.08. The fourth-order valence-corrected chi connectivity index (χ4v) is 1.33. The molecule has 1 unspecified atom stereocenters. The highest BCUT2D eigenvalue weighted by Crippen LogP contribution is 2.03. The van der Waals surface area contributed by atoms with Crippen molar-refractivity contribution < 1.29 is 9.90 Å². The third-order valence-corrected chi connectivity index (χ3v) is 2.20. The van der Waals surface area contributed by atoms with Crippen LogP contribution in [0.4, 0.5) is 0 Å². The number of rotatable bonds is 5. The van der Waals surface area contributed by atoms with Crippen molar-refractivity contribution in [2.24, 2.45) is 0 Å². The van der Waals surface area contributed by atoms with Gasteiger partial charge in [-0.1, -0.05) is 19.9 Å². The van der Waals surface area contributed by atoms with Gasteiger partial charge in [-0.25, -0.2) is 0 Å². The zero-order chi connectivity index (χ0) is 10.4. The number of carboxylic acid groups (broad SMARTS) is 1. The fourth-order valence-electron chi connectivity index (χ4n) is 1.33. The molecule has 0 aromatic rings. The Labute approximate surface area is 92.2 Å². The van der Waals surface area contributed by atoms with Crippen molar-refractivity contribution in [3.05, 3.63) is 11.6 Å². The maximum Gasteiger partial charge on any atom is 0.0669 e. The van der Waals surface area contributed by atoms with E-state index in [9.17, 15) is 9.90 Å². The molecule has 0 N–H and O–H groups in total. The molecule has 0 amide bonds. The molecule has 1 atom stereocenters. The summed E-state index contributed by atoms with van der Waals surface area (Å²) in [5.74, 6) is -1.08. The predicted molar refractivity (Wildman–Crippen MR) is 58.4 cm³/mol. The molecule has 0 aromatic heterocycles. The zero-order valence-electron chi connectivity index (χ0n) is 9.24. The van der Waals surface area contributed by atoms with Crippen LogP contribution in [0.3, 0.4) is 0 Å². The van der Waals surface area contributed by atoms with E-state index in [1.807, 2.05) is 6.92 Å². The Bertz CT molecular complexity index is 200. The monoisotopic (exact) mass is 220 g/mol. The Balaban J connectivity index is 0. The van der Waals surface area contributed by atoms with E-state index in [0.29, 0.717) is 5.57 Å². The summed E-state index contributed by atoms with van der Waals surface area (Å²) < 4.78 is 0. The van der Waals surface area contributed by atoms with Gasteiger partial charge in [0.1, 0.15) is 0 Å². The molecule has 0 saturated heterocycles. The maximum absolute atomic E-state index is 10.4. The molecule has 0 aliphatic rings. The number of carbonyl (C=O) groups excluding carboxylic acids is 1. The van der Waals surface area contributed by atoms with Crippen LogP contribution < -0.4 is 5.11 Å². The highest BCUT2D eigenvalue weighted by atomic mass is 35.5. The molecule has 0 bridgehead atoms. The Kier molecular flexibility index (Phi) is 8.89. The highest BCUT2D eigenvalue weighted by molar-refractivity contribution is 5.85. The van der Waals surface area contributed by atoms with Crippen molar-refractivity contribution >= 4 is 18.4 Å². The summed E-state index contributed by atoms with van der Waals surface area (Å²) in [7, 11) is 0. The van der Waals surface area contributed by atoms with Crippen LogP contribution in [0.1, 0.15) is 27.7 Å². The largest absolute Gasteiger partial charge is 0.545 e. The topological polar surface area (TPSA) is 43.4 Å². The van der Waals surface area contributed by atoms with Gasteiger partial charge in [-0.05, 0) is 32.5 Å². The first kappa shape index (κ1) is 15.9. The first-order chi connectivity index (χ1) is 6.02. The summed E-state index contributed by atoms with van der Waals surface area (Å²) in [5, 5.41) is 10.4. The van der Waals surface area contributed by atoms with E-state index in [-0.39, 0.29) is 18.4 Å². The Morgan fingerprint density at radius 2 is 1.86 bits per heavy atom. The minimum Gasteiger partial charge on any atom is -0.545 e. The van der Waals surface area contributed by atoms with Crippen LogP contribution in [-0.2, 0) is 4.79 Å². The van der Waals surface area contributed by atoms with Crippen molar-refractivity contribution in [3.8, 4) is 0 Å². The molecule has 0 radical (unpaired) electrons. The number of carboxylic acids is 1. The van der Waals surface area contributed by atoms with E-state index in [4.69, 9.17) is 0 Å². The second kappa shape index (κ2) is 7.83. The molecule has 14 heavy (non-hydrogen) atoms. The van der Waals surface area contributed by atoms with Crippen LogP contribution in [0, 0.1) is 0 Å². The lowest BCUT2D eigenvalue weighted by molar-refractivity contribution is -0.299. The second-order valence-corrected chi connectivity index (χ2v) is 3.10. The average molecular weight is 221 g/mol. The Morgan fingerprint density at radius 1 is 1.43 bits per heavy atom. The molecule has 0 heterocycles. The van der Waals surface area contributed by atoms with Gasteiger partial charge >= 0.3 is 0 Å². The van der Waals surface area contributed by atoms with Gasteiger partial charge in [0.05, 0.1) is 5.97 Å². The molecule has 4 heteroatoms. The number of carbonyl (C=O) groups is 1. The summed E-state index contributed by atoms with van der Waals surface area (Å²) in [6, 6.07) is 0.160. The maximum atomic E-state index is 10.4.